The molecule has 0 aliphatic carbocycles. The molecule has 3 atom stereocenters. The average molecular weight is 130 g/mol. The van der Waals surface area contributed by atoms with Crippen molar-refractivity contribution in [1.82, 2.24) is 0 Å². The van der Waals surface area contributed by atoms with Gasteiger partial charge in [-0.2, -0.15) is 0 Å². The maximum absolute atomic E-state index is 2.46. The molecule has 0 radical (unpaired) electrons. The van der Waals surface area contributed by atoms with Crippen molar-refractivity contribution in [2.24, 2.45) is 0 Å². The van der Waals surface area contributed by atoms with Crippen LogP contribution >= 0.6 is 15.9 Å². The second-order valence-corrected chi connectivity index (χ2v) is 7.11. The van der Waals surface area contributed by atoms with Crippen LogP contribution in [0.15, 0.2) is 11.9 Å². The molecule has 1 fully saturated rings. The van der Waals surface area contributed by atoms with Crippen molar-refractivity contribution in [3.8, 4) is 0 Å². The van der Waals surface area contributed by atoms with E-state index in [0.29, 0.717) is 7.61 Å². The first-order valence-electron chi connectivity index (χ1n) is 2.65. The topological polar surface area (TPSA) is 0 Å². The van der Waals surface area contributed by atoms with Gasteiger partial charge in [0.1, 0.15) is 0 Å². The molecule has 2 aliphatic rings. The van der Waals surface area contributed by atoms with E-state index in [1.807, 2.05) is 0 Å². The van der Waals surface area contributed by atoms with Crippen molar-refractivity contribution in [3.63, 3.8) is 0 Å². The van der Waals surface area contributed by atoms with Crippen LogP contribution in [0.1, 0.15) is 6.42 Å². The average Bonchev–Trinajstić information content (AvgIpc) is 1.85. The number of hydrogen-bond donors (Lipinski definition) is 0. The number of rotatable bonds is 0. The Bertz CT molecular complexity index is 109. The van der Waals surface area contributed by atoms with Crippen molar-refractivity contribution in [2.75, 3.05) is 6.16 Å². The molecule has 0 bridgehead atoms. The molecule has 0 aromatic rings. The Kier molecular flexibility index (Phi) is 0.984. The molecular formula is C5H8P2. The molecule has 0 spiro atoms. The van der Waals surface area contributed by atoms with Crippen molar-refractivity contribution >= 4 is 15.9 Å². The van der Waals surface area contributed by atoms with Crippen molar-refractivity contribution in [1.29, 1.82) is 0 Å². The largest absolute Gasteiger partial charge is 0.0910 e. The van der Waals surface area contributed by atoms with Crippen LogP contribution in [-0.2, 0) is 0 Å². The molecule has 0 nitrogen and oxygen atoms in total. The summed E-state index contributed by atoms with van der Waals surface area (Å²) in [5.74, 6) is 2.46. The second-order valence-electron chi connectivity index (χ2n) is 2.04. The van der Waals surface area contributed by atoms with Gasteiger partial charge in [0.15, 0.2) is 0 Å². The van der Waals surface area contributed by atoms with Crippen LogP contribution in [0.5, 0.6) is 0 Å². The summed E-state index contributed by atoms with van der Waals surface area (Å²) in [6.45, 7) is 0. The fourth-order valence-corrected chi connectivity index (χ4v) is 5.80. The summed E-state index contributed by atoms with van der Waals surface area (Å²) in [6, 6.07) is 0. The Balaban J connectivity index is 2.14. The van der Waals surface area contributed by atoms with Crippen molar-refractivity contribution in [3.05, 3.63) is 11.9 Å². The molecule has 2 heterocycles. The summed E-state index contributed by atoms with van der Waals surface area (Å²) < 4.78 is 0. The first-order chi connectivity index (χ1) is 3.47. The lowest BCUT2D eigenvalue weighted by atomic mass is 10.3. The standard InChI is InChI=1S/C5H8P2/c1-2-5-4-6-7(5)3-1/h1,3,5-6H,2,4H2. The van der Waals surface area contributed by atoms with Crippen LogP contribution in [0.4, 0.5) is 0 Å². The van der Waals surface area contributed by atoms with E-state index in [4.69, 9.17) is 0 Å². The minimum absolute atomic E-state index is 0.502. The van der Waals surface area contributed by atoms with Crippen LogP contribution in [0.3, 0.4) is 0 Å². The Morgan fingerprint density at radius 1 is 1.71 bits per heavy atom. The molecule has 0 aromatic carbocycles. The summed E-state index contributed by atoms with van der Waals surface area (Å²) in [5, 5.41) is 0. The van der Waals surface area contributed by atoms with Gasteiger partial charge in [0.05, 0.1) is 0 Å². The maximum atomic E-state index is 2.46. The quantitative estimate of drug-likeness (QED) is 0.441. The molecule has 38 valence electrons. The minimum atomic E-state index is 0.502. The van der Waals surface area contributed by atoms with Gasteiger partial charge in [0.2, 0.25) is 0 Å². The van der Waals surface area contributed by atoms with Gasteiger partial charge < -0.3 is 0 Å². The lowest BCUT2D eigenvalue weighted by Crippen LogP contribution is -2.07. The van der Waals surface area contributed by atoms with E-state index in [1.54, 1.807) is 6.16 Å². The highest BCUT2D eigenvalue weighted by Crippen LogP contribution is 2.73. The van der Waals surface area contributed by atoms with E-state index in [9.17, 15) is 0 Å². The van der Waals surface area contributed by atoms with Crippen LogP contribution < -0.4 is 0 Å². The van der Waals surface area contributed by atoms with Gasteiger partial charge in [-0.1, -0.05) is 27.8 Å². The van der Waals surface area contributed by atoms with Crippen LogP contribution in [0.25, 0.3) is 0 Å². The summed E-state index contributed by atoms with van der Waals surface area (Å²) in [5.41, 5.74) is 1.16. The zero-order valence-electron chi connectivity index (χ0n) is 4.09. The van der Waals surface area contributed by atoms with E-state index in [-0.39, 0.29) is 0 Å². The Morgan fingerprint density at radius 2 is 2.71 bits per heavy atom. The third kappa shape index (κ3) is 0.574. The number of allylic oxidation sites excluding steroid dienone is 1. The van der Waals surface area contributed by atoms with Crippen molar-refractivity contribution in [2.45, 2.75) is 12.1 Å². The van der Waals surface area contributed by atoms with Gasteiger partial charge in [-0.25, -0.2) is 0 Å². The van der Waals surface area contributed by atoms with E-state index >= 15 is 0 Å². The van der Waals surface area contributed by atoms with Gasteiger partial charge in [0, 0.05) is 0 Å². The predicted molar refractivity (Wildman–Crippen MR) is 37.6 cm³/mol. The molecule has 2 aliphatic heterocycles. The fraction of sp³-hybridized carbons (Fsp3) is 0.600. The summed E-state index contributed by atoms with van der Waals surface area (Å²) in [7, 11) is 1.83. The predicted octanol–water partition coefficient (Wildman–Crippen LogP) is 2.36. The third-order valence-electron chi connectivity index (χ3n) is 1.58. The summed E-state index contributed by atoms with van der Waals surface area (Å²) >= 11 is 0. The molecular weight excluding hydrogens is 122 g/mol. The van der Waals surface area contributed by atoms with Gasteiger partial charge >= 0.3 is 0 Å². The first-order valence-corrected chi connectivity index (χ1v) is 6.18. The Morgan fingerprint density at radius 3 is 3.00 bits per heavy atom. The lowest BCUT2D eigenvalue weighted by molar-refractivity contribution is 0.992. The Labute approximate surface area is 46.8 Å². The fourth-order valence-electron chi connectivity index (χ4n) is 1.03. The monoisotopic (exact) mass is 130 g/mol. The molecule has 2 heteroatoms. The molecule has 3 unspecified atom stereocenters. The van der Waals surface area contributed by atoms with E-state index < -0.39 is 0 Å². The molecule has 0 N–H and O–H groups in total. The van der Waals surface area contributed by atoms with Crippen LogP contribution in [0.2, 0.25) is 0 Å². The minimum Gasteiger partial charge on any atom is -0.0910 e. The highest BCUT2D eigenvalue weighted by Gasteiger charge is 2.30. The summed E-state index contributed by atoms with van der Waals surface area (Å²) in [6.07, 6.45) is 5.34. The first kappa shape index (κ1) is 4.48. The normalized spacial score (nSPS) is 49.1. The van der Waals surface area contributed by atoms with Gasteiger partial charge in [-0.3, -0.25) is 0 Å². The van der Waals surface area contributed by atoms with Gasteiger partial charge in [-0.15, -0.1) is 0 Å². The van der Waals surface area contributed by atoms with Crippen LogP contribution in [0, 0.1) is 0 Å². The number of fused-ring (bicyclic) bond motifs is 1. The number of hydrogen-bond acceptors (Lipinski definition) is 0. The lowest BCUT2D eigenvalue weighted by Gasteiger charge is -2.29. The zero-order valence-corrected chi connectivity index (χ0v) is 5.99. The maximum Gasteiger partial charge on any atom is -0.00634 e. The van der Waals surface area contributed by atoms with E-state index in [1.165, 1.54) is 14.7 Å². The van der Waals surface area contributed by atoms with Gasteiger partial charge in [0.25, 0.3) is 0 Å². The summed E-state index contributed by atoms with van der Waals surface area (Å²) in [4.78, 5) is 0. The van der Waals surface area contributed by atoms with Crippen molar-refractivity contribution < 1.29 is 0 Å². The molecule has 1 saturated heterocycles. The molecule has 2 rings (SSSR count). The smallest absolute Gasteiger partial charge is 0.00634 e. The highest BCUT2D eigenvalue weighted by atomic mass is 32.1. The second kappa shape index (κ2) is 1.54. The van der Waals surface area contributed by atoms with E-state index in [2.05, 4.69) is 11.9 Å². The molecule has 7 heavy (non-hydrogen) atoms. The Hall–Kier alpha value is 0.600. The molecule has 0 saturated carbocycles. The zero-order chi connectivity index (χ0) is 4.69. The van der Waals surface area contributed by atoms with Crippen LogP contribution in [-0.4, -0.2) is 11.8 Å². The SMILES string of the molecule is C1=CP2PCC2C1. The third-order valence-corrected chi connectivity index (χ3v) is 7.86. The molecule has 0 amide bonds. The van der Waals surface area contributed by atoms with Gasteiger partial charge in [-0.05, 0) is 18.2 Å². The van der Waals surface area contributed by atoms with E-state index in [0.717, 1.165) is 5.66 Å². The molecule has 0 aromatic heterocycles. The highest BCUT2D eigenvalue weighted by molar-refractivity contribution is 8.26.